The van der Waals surface area contributed by atoms with Crippen molar-refractivity contribution in [1.29, 1.82) is 0 Å². The summed E-state index contributed by atoms with van der Waals surface area (Å²) in [5, 5.41) is 3.77. The highest BCUT2D eigenvalue weighted by molar-refractivity contribution is 5.43. The number of aryl methyl sites for hydroxylation is 1. The Labute approximate surface area is 128 Å². The molecule has 0 saturated carbocycles. The third-order valence-electron chi connectivity index (χ3n) is 4.54. The maximum atomic E-state index is 3.77. The second-order valence-electron chi connectivity index (χ2n) is 6.73. The quantitative estimate of drug-likeness (QED) is 0.837. The average molecular weight is 279 g/mol. The van der Waals surface area contributed by atoms with Gasteiger partial charge in [-0.3, -0.25) is 0 Å². The van der Waals surface area contributed by atoms with E-state index in [1.54, 1.807) is 0 Å². The van der Waals surface area contributed by atoms with Crippen LogP contribution in [0.15, 0.2) is 42.5 Å². The van der Waals surface area contributed by atoms with E-state index in [0.717, 1.165) is 6.42 Å². The standard InChI is InChI=1S/C20H25N/c1-13(2)17-9-10-18-11-15(4)21-20(19(18)12-17)16-7-5-14(3)6-8-16/h5-10,12-13,15,20-21H,11H2,1-4H3. The van der Waals surface area contributed by atoms with Gasteiger partial charge in [0.25, 0.3) is 0 Å². The molecule has 0 radical (unpaired) electrons. The summed E-state index contributed by atoms with van der Waals surface area (Å²) in [6, 6.07) is 16.8. The van der Waals surface area contributed by atoms with Crippen LogP contribution in [0.2, 0.25) is 0 Å². The first-order valence-corrected chi connectivity index (χ1v) is 8.00. The second-order valence-corrected chi connectivity index (χ2v) is 6.73. The molecule has 2 aromatic rings. The van der Waals surface area contributed by atoms with Gasteiger partial charge in [0.1, 0.15) is 0 Å². The van der Waals surface area contributed by atoms with Crippen molar-refractivity contribution in [3.63, 3.8) is 0 Å². The molecule has 110 valence electrons. The van der Waals surface area contributed by atoms with Crippen LogP contribution < -0.4 is 5.32 Å². The van der Waals surface area contributed by atoms with E-state index in [0.29, 0.717) is 18.0 Å². The lowest BCUT2D eigenvalue weighted by molar-refractivity contribution is 0.463. The average Bonchev–Trinajstić information content (AvgIpc) is 2.46. The van der Waals surface area contributed by atoms with Gasteiger partial charge >= 0.3 is 0 Å². The van der Waals surface area contributed by atoms with Gasteiger partial charge in [-0.05, 0) is 48.4 Å². The fourth-order valence-electron chi connectivity index (χ4n) is 3.22. The predicted molar refractivity (Wildman–Crippen MR) is 89.9 cm³/mol. The molecule has 0 amide bonds. The summed E-state index contributed by atoms with van der Waals surface area (Å²) in [6.45, 7) is 8.95. The van der Waals surface area contributed by atoms with Crippen LogP contribution in [0.3, 0.4) is 0 Å². The fraction of sp³-hybridized carbons (Fsp3) is 0.400. The Kier molecular flexibility index (Phi) is 3.86. The van der Waals surface area contributed by atoms with Crippen molar-refractivity contribution < 1.29 is 0 Å². The van der Waals surface area contributed by atoms with Crippen LogP contribution in [0, 0.1) is 6.92 Å². The Bertz CT molecular complexity index is 625. The van der Waals surface area contributed by atoms with E-state index in [9.17, 15) is 0 Å². The van der Waals surface area contributed by atoms with Crippen molar-refractivity contribution in [2.75, 3.05) is 0 Å². The highest BCUT2D eigenvalue weighted by Gasteiger charge is 2.25. The third kappa shape index (κ3) is 2.89. The summed E-state index contributed by atoms with van der Waals surface area (Å²) in [5.41, 5.74) is 7.08. The van der Waals surface area contributed by atoms with E-state index in [1.807, 2.05) is 0 Å². The van der Waals surface area contributed by atoms with Crippen LogP contribution in [0.1, 0.15) is 60.5 Å². The molecule has 0 bridgehead atoms. The first-order valence-electron chi connectivity index (χ1n) is 8.00. The Morgan fingerprint density at radius 1 is 1.05 bits per heavy atom. The Hall–Kier alpha value is -1.60. The maximum absolute atomic E-state index is 3.77. The van der Waals surface area contributed by atoms with Crippen molar-refractivity contribution in [1.82, 2.24) is 5.32 Å². The van der Waals surface area contributed by atoms with Gasteiger partial charge in [0.15, 0.2) is 0 Å². The van der Waals surface area contributed by atoms with Gasteiger partial charge in [-0.25, -0.2) is 0 Å². The number of fused-ring (bicyclic) bond motifs is 1. The first-order chi connectivity index (χ1) is 10.0. The second kappa shape index (κ2) is 5.65. The molecule has 0 spiro atoms. The number of benzene rings is 2. The molecule has 1 aliphatic heterocycles. The summed E-state index contributed by atoms with van der Waals surface area (Å²) < 4.78 is 0. The predicted octanol–water partition coefficient (Wildman–Crippen LogP) is 4.74. The topological polar surface area (TPSA) is 12.0 Å². The molecule has 2 atom stereocenters. The molecular weight excluding hydrogens is 254 g/mol. The molecule has 0 aliphatic carbocycles. The molecule has 1 nitrogen and oxygen atoms in total. The van der Waals surface area contributed by atoms with E-state index in [1.165, 1.54) is 27.8 Å². The largest absolute Gasteiger partial charge is 0.303 e. The number of hydrogen-bond acceptors (Lipinski definition) is 1. The lowest BCUT2D eigenvalue weighted by Gasteiger charge is -2.32. The molecular formula is C20H25N. The first kappa shape index (κ1) is 14.3. The lowest BCUT2D eigenvalue weighted by Crippen LogP contribution is -2.38. The van der Waals surface area contributed by atoms with E-state index in [-0.39, 0.29) is 0 Å². The molecule has 1 N–H and O–H groups in total. The molecule has 21 heavy (non-hydrogen) atoms. The molecule has 2 aromatic carbocycles. The van der Waals surface area contributed by atoms with E-state index < -0.39 is 0 Å². The molecule has 3 rings (SSSR count). The smallest absolute Gasteiger partial charge is 0.0581 e. The van der Waals surface area contributed by atoms with Gasteiger partial charge < -0.3 is 5.32 Å². The molecule has 2 unspecified atom stereocenters. The summed E-state index contributed by atoms with van der Waals surface area (Å²) in [5.74, 6) is 0.577. The minimum atomic E-state index is 0.322. The fourth-order valence-corrected chi connectivity index (χ4v) is 3.22. The highest BCUT2D eigenvalue weighted by Crippen LogP contribution is 2.33. The van der Waals surface area contributed by atoms with E-state index in [4.69, 9.17) is 0 Å². The van der Waals surface area contributed by atoms with E-state index >= 15 is 0 Å². The summed E-state index contributed by atoms with van der Waals surface area (Å²) >= 11 is 0. The molecule has 1 aliphatic rings. The van der Waals surface area contributed by atoms with Gasteiger partial charge in [0, 0.05) is 6.04 Å². The van der Waals surface area contributed by atoms with Gasteiger partial charge in [-0.1, -0.05) is 61.9 Å². The Morgan fingerprint density at radius 2 is 1.76 bits per heavy atom. The van der Waals surface area contributed by atoms with Gasteiger partial charge in [-0.15, -0.1) is 0 Å². The molecule has 0 aromatic heterocycles. The van der Waals surface area contributed by atoms with E-state index in [2.05, 4.69) is 75.5 Å². The van der Waals surface area contributed by atoms with Gasteiger partial charge in [0.2, 0.25) is 0 Å². The lowest BCUT2D eigenvalue weighted by atomic mass is 9.84. The third-order valence-corrected chi connectivity index (χ3v) is 4.54. The number of hydrogen-bond donors (Lipinski definition) is 1. The van der Waals surface area contributed by atoms with Crippen molar-refractivity contribution in [2.24, 2.45) is 0 Å². The van der Waals surface area contributed by atoms with Gasteiger partial charge in [0.05, 0.1) is 6.04 Å². The summed E-state index contributed by atoms with van der Waals surface area (Å²) in [6.07, 6.45) is 1.12. The van der Waals surface area contributed by atoms with Crippen LogP contribution >= 0.6 is 0 Å². The van der Waals surface area contributed by atoms with Crippen molar-refractivity contribution in [2.45, 2.75) is 52.1 Å². The normalized spacial score (nSPS) is 21.4. The monoisotopic (exact) mass is 279 g/mol. The zero-order valence-electron chi connectivity index (χ0n) is 13.5. The SMILES string of the molecule is Cc1ccc(C2NC(C)Cc3ccc(C(C)C)cc32)cc1. The van der Waals surface area contributed by atoms with Gasteiger partial charge in [-0.2, -0.15) is 0 Å². The van der Waals surface area contributed by atoms with Crippen LogP contribution in [-0.2, 0) is 6.42 Å². The van der Waals surface area contributed by atoms with Crippen LogP contribution in [-0.4, -0.2) is 6.04 Å². The zero-order valence-corrected chi connectivity index (χ0v) is 13.5. The van der Waals surface area contributed by atoms with Crippen molar-refractivity contribution in [3.8, 4) is 0 Å². The van der Waals surface area contributed by atoms with Crippen molar-refractivity contribution >= 4 is 0 Å². The minimum absolute atomic E-state index is 0.322. The highest BCUT2D eigenvalue weighted by atomic mass is 15.0. The van der Waals surface area contributed by atoms with Crippen LogP contribution in [0.4, 0.5) is 0 Å². The maximum Gasteiger partial charge on any atom is 0.0581 e. The molecule has 0 fully saturated rings. The molecule has 1 heteroatoms. The van der Waals surface area contributed by atoms with Crippen LogP contribution in [0.5, 0.6) is 0 Å². The number of nitrogens with one attached hydrogen (secondary N) is 1. The number of rotatable bonds is 2. The summed E-state index contributed by atoms with van der Waals surface area (Å²) in [7, 11) is 0. The minimum Gasteiger partial charge on any atom is -0.303 e. The van der Waals surface area contributed by atoms with Crippen molar-refractivity contribution in [3.05, 3.63) is 70.3 Å². The molecule has 1 heterocycles. The molecule has 0 saturated heterocycles. The Morgan fingerprint density at radius 3 is 2.43 bits per heavy atom. The zero-order chi connectivity index (χ0) is 15.0. The summed E-state index contributed by atoms with van der Waals surface area (Å²) in [4.78, 5) is 0. The van der Waals surface area contributed by atoms with Crippen LogP contribution in [0.25, 0.3) is 0 Å². The Balaban J connectivity index is 2.06.